The average molecular weight is 351 g/mol. The van der Waals surface area contributed by atoms with Crippen molar-refractivity contribution in [3.63, 3.8) is 0 Å². The summed E-state index contributed by atoms with van der Waals surface area (Å²) < 4.78 is 0. The van der Waals surface area contributed by atoms with Crippen molar-refractivity contribution < 1.29 is 9.72 Å². The molecule has 1 aliphatic rings. The highest BCUT2D eigenvalue weighted by Crippen LogP contribution is 2.14. The van der Waals surface area contributed by atoms with Crippen LogP contribution in [0, 0.1) is 10.1 Å². The third-order valence-electron chi connectivity index (χ3n) is 4.46. The number of hydrogen-bond acceptors (Lipinski definition) is 4. The molecule has 134 valence electrons. The van der Waals surface area contributed by atoms with Gasteiger partial charge in [0.15, 0.2) is 0 Å². The van der Waals surface area contributed by atoms with E-state index in [0.29, 0.717) is 13.1 Å². The Bertz CT molecular complexity index is 780. The highest BCUT2D eigenvalue weighted by Gasteiger charge is 2.19. The van der Waals surface area contributed by atoms with Crippen LogP contribution in [0.1, 0.15) is 11.1 Å². The maximum atomic E-state index is 12.3. The Hall–Kier alpha value is -2.99. The van der Waals surface area contributed by atoms with E-state index in [2.05, 4.69) is 4.90 Å². The number of non-ortho nitro benzene ring substituents is 1. The summed E-state index contributed by atoms with van der Waals surface area (Å²) in [5, 5.41) is 10.7. The van der Waals surface area contributed by atoms with Crippen molar-refractivity contribution >= 4 is 17.7 Å². The SMILES string of the molecule is O=C(/C=C/c1ccccc1)N1CCN(Cc2ccc([N+](=O)[O-])cc2)CC1. The van der Waals surface area contributed by atoms with Crippen molar-refractivity contribution in [2.75, 3.05) is 26.2 Å². The van der Waals surface area contributed by atoms with Gasteiger partial charge in [-0.2, -0.15) is 0 Å². The summed E-state index contributed by atoms with van der Waals surface area (Å²) >= 11 is 0. The summed E-state index contributed by atoms with van der Waals surface area (Å²) in [6.45, 7) is 3.69. The molecule has 26 heavy (non-hydrogen) atoms. The van der Waals surface area contributed by atoms with Gasteiger partial charge >= 0.3 is 0 Å². The zero-order chi connectivity index (χ0) is 18.4. The van der Waals surface area contributed by atoms with Gasteiger partial charge in [-0.3, -0.25) is 19.8 Å². The number of carbonyl (C=O) groups excluding carboxylic acids is 1. The molecular formula is C20H21N3O3. The first-order valence-corrected chi connectivity index (χ1v) is 8.59. The lowest BCUT2D eigenvalue weighted by Gasteiger charge is -2.34. The van der Waals surface area contributed by atoms with E-state index in [9.17, 15) is 14.9 Å². The Kier molecular flexibility index (Phi) is 5.76. The van der Waals surface area contributed by atoms with E-state index >= 15 is 0 Å². The standard InChI is InChI=1S/C20H21N3O3/c24-20(11-8-17-4-2-1-3-5-17)22-14-12-21(13-15-22)16-18-6-9-19(10-7-18)23(25)26/h1-11H,12-16H2/b11-8+. The van der Waals surface area contributed by atoms with Crippen LogP contribution in [0.3, 0.4) is 0 Å². The van der Waals surface area contributed by atoms with Gasteiger partial charge in [-0.1, -0.05) is 42.5 Å². The predicted octanol–water partition coefficient (Wildman–Crippen LogP) is 2.95. The maximum absolute atomic E-state index is 12.3. The van der Waals surface area contributed by atoms with E-state index in [-0.39, 0.29) is 11.6 Å². The number of benzene rings is 2. The smallest absolute Gasteiger partial charge is 0.269 e. The molecule has 6 nitrogen and oxygen atoms in total. The molecule has 3 rings (SSSR count). The van der Waals surface area contributed by atoms with Crippen molar-refractivity contribution in [1.29, 1.82) is 0 Å². The Morgan fingerprint density at radius 3 is 2.27 bits per heavy atom. The molecule has 1 heterocycles. The minimum atomic E-state index is -0.392. The molecule has 0 N–H and O–H groups in total. The third-order valence-corrected chi connectivity index (χ3v) is 4.46. The highest BCUT2D eigenvalue weighted by molar-refractivity contribution is 5.91. The fourth-order valence-corrected chi connectivity index (χ4v) is 2.94. The van der Waals surface area contributed by atoms with Crippen molar-refractivity contribution in [2.24, 2.45) is 0 Å². The van der Waals surface area contributed by atoms with Crippen LogP contribution in [0.4, 0.5) is 5.69 Å². The maximum Gasteiger partial charge on any atom is 0.269 e. The molecule has 6 heteroatoms. The van der Waals surface area contributed by atoms with Gasteiger partial charge in [0.05, 0.1) is 4.92 Å². The Labute approximate surface area is 152 Å². The lowest BCUT2D eigenvalue weighted by molar-refractivity contribution is -0.384. The molecular weight excluding hydrogens is 330 g/mol. The summed E-state index contributed by atoms with van der Waals surface area (Å²) in [6, 6.07) is 16.4. The minimum absolute atomic E-state index is 0.0313. The fourth-order valence-electron chi connectivity index (χ4n) is 2.94. The fraction of sp³-hybridized carbons (Fsp3) is 0.250. The number of nitrogens with zero attached hydrogens (tertiary/aromatic N) is 3. The van der Waals surface area contributed by atoms with E-state index in [4.69, 9.17) is 0 Å². The van der Waals surface area contributed by atoms with E-state index in [1.807, 2.05) is 41.3 Å². The van der Waals surface area contributed by atoms with Crippen LogP contribution in [0.5, 0.6) is 0 Å². The molecule has 1 fully saturated rings. The first kappa shape index (κ1) is 17.8. The summed E-state index contributed by atoms with van der Waals surface area (Å²) in [7, 11) is 0. The van der Waals surface area contributed by atoms with Gasteiger partial charge in [-0.05, 0) is 17.2 Å². The lowest BCUT2D eigenvalue weighted by Crippen LogP contribution is -2.47. The van der Waals surface area contributed by atoms with Crippen LogP contribution < -0.4 is 0 Å². The topological polar surface area (TPSA) is 66.7 Å². The number of amides is 1. The number of carbonyl (C=O) groups is 1. The zero-order valence-electron chi connectivity index (χ0n) is 14.5. The molecule has 2 aromatic rings. The predicted molar refractivity (Wildman–Crippen MR) is 100 cm³/mol. The zero-order valence-corrected chi connectivity index (χ0v) is 14.5. The number of nitro benzene ring substituents is 1. The van der Waals surface area contributed by atoms with Crippen LogP contribution >= 0.6 is 0 Å². The van der Waals surface area contributed by atoms with Gasteiger partial charge in [-0.15, -0.1) is 0 Å². The van der Waals surface area contributed by atoms with Crippen LogP contribution in [-0.2, 0) is 11.3 Å². The van der Waals surface area contributed by atoms with Crippen molar-refractivity contribution in [3.05, 3.63) is 81.9 Å². The lowest BCUT2D eigenvalue weighted by atomic mass is 10.1. The quantitative estimate of drug-likeness (QED) is 0.472. The van der Waals surface area contributed by atoms with E-state index in [0.717, 1.165) is 30.8 Å². The molecule has 0 unspecified atom stereocenters. The Balaban J connectivity index is 1.48. The second-order valence-corrected chi connectivity index (χ2v) is 6.27. The largest absolute Gasteiger partial charge is 0.337 e. The van der Waals surface area contributed by atoms with Gasteiger partial charge in [0.2, 0.25) is 5.91 Å². The molecule has 0 aliphatic carbocycles. The molecule has 0 bridgehead atoms. The Morgan fingerprint density at radius 1 is 1.00 bits per heavy atom. The molecule has 0 radical (unpaired) electrons. The van der Waals surface area contributed by atoms with Crippen LogP contribution in [0.2, 0.25) is 0 Å². The number of nitro groups is 1. The van der Waals surface area contributed by atoms with E-state index in [1.54, 1.807) is 18.2 Å². The van der Waals surface area contributed by atoms with Crippen LogP contribution in [0.25, 0.3) is 6.08 Å². The van der Waals surface area contributed by atoms with Crippen molar-refractivity contribution in [1.82, 2.24) is 9.80 Å². The molecule has 0 saturated carbocycles. The van der Waals surface area contributed by atoms with Gasteiger partial charge in [0, 0.05) is 50.9 Å². The molecule has 1 amide bonds. The second kappa shape index (κ2) is 8.40. The summed E-state index contributed by atoms with van der Waals surface area (Å²) in [5.74, 6) is 0.0313. The highest BCUT2D eigenvalue weighted by atomic mass is 16.6. The monoisotopic (exact) mass is 351 g/mol. The average Bonchev–Trinajstić information content (AvgIpc) is 2.68. The van der Waals surface area contributed by atoms with Gasteiger partial charge in [0.1, 0.15) is 0 Å². The Morgan fingerprint density at radius 2 is 1.65 bits per heavy atom. The normalized spacial score (nSPS) is 15.3. The van der Waals surface area contributed by atoms with Crippen LogP contribution in [0.15, 0.2) is 60.7 Å². The minimum Gasteiger partial charge on any atom is -0.337 e. The summed E-state index contributed by atoms with van der Waals surface area (Å²) in [6.07, 6.45) is 3.47. The molecule has 1 saturated heterocycles. The molecule has 2 aromatic carbocycles. The molecule has 0 atom stereocenters. The van der Waals surface area contributed by atoms with E-state index in [1.165, 1.54) is 12.1 Å². The van der Waals surface area contributed by atoms with Crippen molar-refractivity contribution in [3.8, 4) is 0 Å². The first-order valence-electron chi connectivity index (χ1n) is 8.59. The molecule has 0 spiro atoms. The van der Waals surface area contributed by atoms with Gasteiger partial charge in [-0.25, -0.2) is 0 Å². The first-order chi connectivity index (χ1) is 12.6. The molecule has 1 aliphatic heterocycles. The van der Waals surface area contributed by atoms with Gasteiger partial charge < -0.3 is 4.90 Å². The van der Waals surface area contributed by atoms with Crippen LogP contribution in [-0.4, -0.2) is 46.8 Å². The number of rotatable bonds is 5. The number of hydrogen-bond donors (Lipinski definition) is 0. The summed E-state index contributed by atoms with van der Waals surface area (Å²) in [5.41, 5.74) is 2.16. The van der Waals surface area contributed by atoms with Crippen molar-refractivity contribution in [2.45, 2.75) is 6.54 Å². The summed E-state index contributed by atoms with van der Waals surface area (Å²) in [4.78, 5) is 26.7. The number of piperazine rings is 1. The van der Waals surface area contributed by atoms with Gasteiger partial charge in [0.25, 0.3) is 5.69 Å². The third kappa shape index (κ3) is 4.77. The van der Waals surface area contributed by atoms with E-state index < -0.39 is 4.92 Å². The molecule has 0 aromatic heterocycles. The second-order valence-electron chi connectivity index (χ2n) is 6.27.